The number of nitrogens with one attached hydrogen (secondary N) is 1. The van der Waals surface area contributed by atoms with E-state index in [4.69, 9.17) is 25.8 Å². The summed E-state index contributed by atoms with van der Waals surface area (Å²) >= 11 is 6.52. The third-order valence-corrected chi connectivity index (χ3v) is 16.4. The molecule has 15 nitrogen and oxygen atoms in total. The van der Waals surface area contributed by atoms with Crippen molar-refractivity contribution in [1.82, 2.24) is 24.3 Å². The van der Waals surface area contributed by atoms with E-state index in [1.165, 1.54) is 29.1 Å². The zero-order valence-electron chi connectivity index (χ0n) is 36.3. The number of benzene rings is 2. The van der Waals surface area contributed by atoms with Crippen LogP contribution in [0.1, 0.15) is 77.3 Å². The fourth-order valence-electron chi connectivity index (χ4n) is 10.7. The third-order valence-electron chi connectivity index (χ3n) is 14.2. The molecule has 5 heterocycles. The van der Waals surface area contributed by atoms with Crippen molar-refractivity contribution in [3.63, 3.8) is 0 Å². The number of hydrogen-bond acceptors (Lipinski definition) is 11. The normalized spacial score (nSPS) is 30.7. The summed E-state index contributed by atoms with van der Waals surface area (Å²) in [6.45, 7) is 7.73. The highest BCUT2D eigenvalue weighted by Crippen LogP contribution is 2.49. The van der Waals surface area contributed by atoms with Crippen molar-refractivity contribution in [3.05, 3.63) is 82.0 Å². The van der Waals surface area contributed by atoms with Crippen LogP contribution >= 0.6 is 11.6 Å². The molecule has 6 aliphatic rings. The molecule has 2 aliphatic carbocycles. The van der Waals surface area contributed by atoms with E-state index in [1.807, 2.05) is 24.0 Å². The van der Waals surface area contributed by atoms with E-state index in [9.17, 15) is 23.7 Å². The number of rotatable bonds is 6. The predicted octanol–water partition coefficient (Wildman–Crippen LogP) is 4.79. The van der Waals surface area contributed by atoms with Crippen molar-refractivity contribution < 1.29 is 37.9 Å². The van der Waals surface area contributed by atoms with E-state index < -0.39 is 32.7 Å². The van der Waals surface area contributed by atoms with Gasteiger partial charge in [-0.05, 0) is 97.7 Å². The number of allylic oxidation sites excluding steroid dienone is 1. The number of carbonyl (C=O) groups excluding carboxylic acids is 3. The van der Waals surface area contributed by atoms with Crippen LogP contribution in [0.2, 0.25) is 5.02 Å². The molecule has 1 spiro atoms. The van der Waals surface area contributed by atoms with E-state index in [0.717, 1.165) is 45.2 Å². The van der Waals surface area contributed by atoms with Gasteiger partial charge in [-0.3, -0.25) is 28.7 Å². The number of morpholine rings is 1. The van der Waals surface area contributed by atoms with Gasteiger partial charge in [0.05, 0.1) is 50.4 Å². The maximum Gasteiger partial charge on any atom is 0.286 e. The second-order valence-corrected chi connectivity index (χ2v) is 21.0. The maximum absolute atomic E-state index is 14.9. The van der Waals surface area contributed by atoms with Gasteiger partial charge >= 0.3 is 0 Å². The minimum Gasteiger partial charge on any atom is -0.490 e. The Morgan fingerprint density at radius 3 is 2.68 bits per heavy atom. The van der Waals surface area contributed by atoms with Crippen LogP contribution in [-0.2, 0) is 38.3 Å². The second kappa shape index (κ2) is 17.5. The van der Waals surface area contributed by atoms with Gasteiger partial charge in [-0.1, -0.05) is 36.7 Å². The molecule has 1 unspecified atom stereocenters. The molecule has 2 N–H and O–H groups in total. The molecule has 3 fully saturated rings. The van der Waals surface area contributed by atoms with Gasteiger partial charge in [-0.15, -0.1) is 9.46 Å². The van der Waals surface area contributed by atoms with Crippen LogP contribution in [0.3, 0.4) is 0 Å². The van der Waals surface area contributed by atoms with E-state index in [2.05, 4.69) is 36.1 Å². The number of aromatic nitrogens is 2. The number of likely N-dealkylation sites (tertiary alicyclic amines) is 1. The molecule has 2 bridgehead atoms. The molecule has 9 rings (SSSR count). The quantitative estimate of drug-likeness (QED) is 0.327. The van der Waals surface area contributed by atoms with Gasteiger partial charge in [0.25, 0.3) is 11.8 Å². The standard InChI is InChI=1S/C46H58ClN7O8S/c1-30-6-4-15-46(58,22-41(55)53-24-35(25-53)52-16-18-61-19-17-52)38-11-8-33(38)23-54-28-45(14-5-7-31-20-34(47)10-12-37(31)45)29-62-40-13-9-32(21-39(40)54)42(56)49-63(59,27-30)50-43(57)36-26-51(2)48-44(36)60-3/h4,9-10,12-13,15,20-21,26,30,33,35,38,58H,5-8,11,14,16-19,22-25,27-29H2,1-3H3,(H,49,50,56,57,59)/b15-4-/t30-,33-,38+,45-,46+,63?/m0/s1. The highest BCUT2D eigenvalue weighted by atomic mass is 35.5. The summed E-state index contributed by atoms with van der Waals surface area (Å²) in [5.41, 5.74) is 1.49. The van der Waals surface area contributed by atoms with Crippen LogP contribution in [0, 0.1) is 17.8 Å². The zero-order chi connectivity index (χ0) is 44.1. The predicted molar refractivity (Wildman–Crippen MR) is 239 cm³/mol. The van der Waals surface area contributed by atoms with Crippen LogP contribution in [0.4, 0.5) is 5.69 Å². The number of amides is 3. The average molecular weight is 905 g/mol. The van der Waals surface area contributed by atoms with Gasteiger partial charge in [-0.2, -0.15) is 0 Å². The van der Waals surface area contributed by atoms with Crippen molar-refractivity contribution in [3.8, 4) is 11.6 Å². The molecule has 2 saturated heterocycles. The zero-order valence-corrected chi connectivity index (χ0v) is 37.9. The number of methoxy groups -OCH3 is 1. The summed E-state index contributed by atoms with van der Waals surface area (Å²) in [4.78, 5) is 48.6. The van der Waals surface area contributed by atoms with E-state index in [0.29, 0.717) is 68.9 Å². The highest BCUT2D eigenvalue weighted by Gasteiger charge is 2.50. The van der Waals surface area contributed by atoms with Gasteiger partial charge < -0.3 is 29.1 Å². The van der Waals surface area contributed by atoms with E-state index in [1.54, 1.807) is 31.3 Å². The van der Waals surface area contributed by atoms with E-state index in [-0.39, 0.29) is 58.9 Å². The van der Waals surface area contributed by atoms with Crippen molar-refractivity contribution in [1.29, 1.82) is 0 Å². The number of aliphatic hydroxyl groups is 1. The van der Waals surface area contributed by atoms with Crippen molar-refractivity contribution in [2.45, 2.75) is 68.9 Å². The van der Waals surface area contributed by atoms with Crippen LogP contribution < -0.4 is 19.1 Å². The minimum atomic E-state index is -3.75. The Labute approximate surface area is 374 Å². The Bertz CT molecular complexity index is 2420. The number of halogens is 1. The fraction of sp³-hybridized carbons (Fsp3) is 0.565. The van der Waals surface area contributed by atoms with Crippen LogP contribution in [0.25, 0.3) is 0 Å². The Hall–Kier alpha value is -4.48. The van der Waals surface area contributed by atoms with Crippen molar-refractivity contribution in [2.75, 3.05) is 76.9 Å². The van der Waals surface area contributed by atoms with Gasteiger partial charge in [0.2, 0.25) is 11.8 Å². The molecular weight excluding hydrogens is 846 g/mol. The topological polar surface area (TPSA) is 168 Å². The highest BCUT2D eigenvalue weighted by molar-refractivity contribution is 7.92. The lowest BCUT2D eigenvalue weighted by Gasteiger charge is -2.50. The Kier molecular flexibility index (Phi) is 12.1. The molecule has 338 valence electrons. The monoisotopic (exact) mass is 903 g/mol. The molecule has 3 amide bonds. The Morgan fingerprint density at radius 2 is 1.92 bits per heavy atom. The van der Waals surface area contributed by atoms with Gasteiger partial charge in [0.1, 0.15) is 21.2 Å². The van der Waals surface area contributed by atoms with Gasteiger partial charge in [-0.25, -0.2) is 4.21 Å². The molecule has 6 atom stereocenters. The lowest BCUT2D eigenvalue weighted by Crippen LogP contribution is -2.63. The molecule has 0 radical (unpaired) electrons. The lowest BCUT2D eigenvalue weighted by molar-refractivity contribution is -0.148. The molecule has 4 aliphatic heterocycles. The number of ether oxygens (including phenoxy) is 3. The molecule has 2 aromatic carbocycles. The number of fused-ring (bicyclic) bond motifs is 4. The molecular formula is C46H58ClN7O8S. The van der Waals surface area contributed by atoms with Crippen LogP contribution in [0.5, 0.6) is 11.6 Å². The van der Waals surface area contributed by atoms with Crippen LogP contribution in [-0.4, -0.2) is 130 Å². The second-order valence-electron chi connectivity index (χ2n) is 18.6. The number of nitrogens with zero attached hydrogens (tertiary/aromatic N) is 6. The first-order chi connectivity index (χ1) is 30.2. The molecule has 17 heteroatoms. The van der Waals surface area contributed by atoms with Gasteiger partial charge in [0.15, 0.2) is 0 Å². The summed E-state index contributed by atoms with van der Waals surface area (Å²) < 4.78 is 40.7. The third kappa shape index (κ3) is 8.85. The van der Waals surface area contributed by atoms with E-state index >= 15 is 0 Å². The molecule has 3 aromatic rings. The van der Waals surface area contributed by atoms with Crippen molar-refractivity contribution >= 4 is 44.9 Å². The smallest absolute Gasteiger partial charge is 0.286 e. The largest absolute Gasteiger partial charge is 0.490 e. The summed E-state index contributed by atoms with van der Waals surface area (Å²) in [6.07, 6.45) is 9.73. The first-order valence-electron chi connectivity index (χ1n) is 22.2. The summed E-state index contributed by atoms with van der Waals surface area (Å²) in [6, 6.07) is 11.6. The van der Waals surface area contributed by atoms with Gasteiger partial charge in [0, 0.05) is 74.6 Å². The number of hydrogen-bond donors (Lipinski definition) is 2. The maximum atomic E-state index is 14.9. The first-order valence-corrected chi connectivity index (χ1v) is 24.3. The SMILES string of the molecule is COc1nn(C)cc1C(=O)NS1(=O)=NC(=O)c2ccc3c(c2)N(C[C@@H]2CC[C@H]2[C@](O)(CC(=O)N2CC(N4CCOCC4)C2)/C=C\C[C@H](C)C1)C[C@@]1(CCCc2cc(Cl)ccc21)CO3. The van der Waals surface area contributed by atoms with Crippen LogP contribution in [0.15, 0.2) is 59.1 Å². The Morgan fingerprint density at radius 1 is 1.11 bits per heavy atom. The lowest BCUT2D eigenvalue weighted by atomic mass is 9.63. The molecule has 1 aromatic heterocycles. The first kappa shape index (κ1) is 43.8. The molecule has 63 heavy (non-hydrogen) atoms. The number of carbonyl (C=O) groups is 3. The number of aryl methyl sites for hydroxylation is 2. The molecule has 1 saturated carbocycles. The van der Waals surface area contributed by atoms with Crippen molar-refractivity contribution in [2.24, 2.45) is 29.2 Å². The summed E-state index contributed by atoms with van der Waals surface area (Å²) in [5.74, 6) is -1.65. The number of anilines is 1. The minimum absolute atomic E-state index is 0.0222. The Balaban J connectivity index is 1.08. The summed E-state index contributed by atoms with van der Waals surface area (Å²) in [7, 11) is -0.728. The summed E-state index contributed by atoms with van der Waals surface area (Å²) in [5, 5.41) is 17.7. The fourth-order valence-corrected chi connectivity index (χ4v) is 12.8. The average Bonchev–Trinajstić information content (AvgIpc) is 3.53.